The van der Waals surface area contributed by atoms with E-state index in [-0.39, 0.29) is 24.0 Å². The number of benzene rings is 4. The highest BCUT2D eigenvalue weighted by atomic mass is 32.1. The molecule has 1 aliphatic rings. The van der Waals surface area contributed by atoms with Crippen LogP contribution in [0.3, 0.4) is 0 Å². The van der Waals surface area contributed by atoms with E-state index in [1.54, 1.807) is 36.6 Å². The molecule has 4 aromatic carbocycles. The minimum absolute atomic E-state index is 0.256. The SMILES string of the molecule is CCOC(=O)c1ccc(COc2ccccc2/C=c2\sc3n(c2=O)[C@@H](c2ccc(OCC)cc2)C(C(=O)Nc2ccccc2)=C(C)N=3)cc1. The Labute approximate surface area is 287 Å². The number of nitrogens with one attached hydrogen (secondary N) is 1. The molecular weight excluding hydrogens is 639 g/mol. The zero-order valence-electron chi connectivity index (χ0n) is 27.3. The van der Waals surface area contributed by atoms with Gasteiger partial charge in [0.25, 0.3) is 11.5 Å². The predicted molar refractivity (Wildman–Crippen MR) is 190 cm³/mol. The summed E-state index contributed by atoms with van der Waals surface area (Å²) >= 11 is 1.26. The van der Waals surface area contributed by atoms with Crippen LogP contribution in [0.1, 0.15) is 53.9 Å². The van der Waals surface area contributed by atoms with Gasteiger partial charge in [-0.3, -0.25) is 14.2 Å². The largest absolute Gasteiger partial charge is 0.494 e. The first-order chi connectivity index (χ1) is 23.9. The maximum atomic E-state index is 14.3. The molecule has 2 heterocycles. The van der Waals surface area contributed by atoms with Crippen molar-refractivity contribution in [2.24, 2.45) is 4.99 Å². The number of nitrogens with zero attached hydrogens (tertiary/aromatic N) is 2. The van der Waals surface area contributed by atoms with E-state index in [9.17, 15) is 14.4 Å². The normalized spacial score (nSPS) is 14.1. The lowest BCUT2D eigenvalue weighted by atomic mass is 9.95. The van der Waals surface area contributed by atoms with Crippen LogP contribution in [0.15, 0.2) is 124 Å². The number of carbonyl (C=O) groups excluding carboxylic acids is 2. The van der Waals surface area contributed by atoms with Gasteiger partial charge in [-0.25, -0.2) is 9.79 Å². The van der Waals surface area contributed by atoms with Crippen LogP contribution in [0.5, 0.6) is 11.5 Å². The molecule has 0 saturated heterocycles. The number of amides is 1. The highest BCUT2D eigenvalue weighted by Crippen LogP contribution is 2.32. The van der Waals surface area contributed by atoms with E-state index in [2.05, 4.69) is 5.32 Å². The molecule has 49 heavy (non-hydrogen) atoms. The average molecular weight is 674 g/mol. The number of hydrogen-bond donors (Lipinski definition) is 1. The molecule has 6 rings (SSSR count). The van der Waals surface area contributed by atoms with Crippen LogP contribution in [0.25, 0.3) is 6.08 Å². The number of ether oxygens (including phenoxy) is 3. The van der Waals surface area contributed by atoms with E-state index in [0.29, 0.717) is 62.1 Å². The van der Waals surface area contributed by atoms with Gasteiger partial charge in [0.15, 0.2) is 4.80 Å². The number of rotatable bonds is 11. The van der Waals surface area contributed by atoms with E-state index in [1.807, 2.05) is 97.9 Å². The molecule has 1 aliphatic heterocycles. The van der Waals surface area contributed by atoms with Crippen molar-refractivity contribution in [1.29, 1.82) is 0 Å². The van der Waals surface area contributed by atoms with Gasteiger partial charge < -0.3 is 19.5 Å². The fourth-order valence-corrected chi connectivity index (χ4v) is 6.58. The molecule has 0 fully saturated rings. The van der Waals surface area contributed by atoms with Crippen molar-refractivity contribution in [3.05, 3.63) is 156 Å². The molecule has 1 N–H and O–H groups in total. The third kappa shape index (κ3) is 7.39. The van der Waals surface area contributed by atoms with Gasteiger partial charge in [0.1, 0.15) is 18.1 Å². The number of thiazole rings is 1. The summed E-state index contributed by atoms with van der Waals surface area (Å²) in [6.45, 7) is 6.56. The lowest BCUT2D eigenvalue weighted by Crippen LogP contribution is -2.40. The Morgan fingerprint density at radius 3 is 2.31 bits per heavy atom. The predicted octanol–water partition coefficient (Wildman–Crippen LogP) is 6.03. The van der Waals surface area contributed by atoms with Crippen LogP contribution in [0.2, 0.25) is 0 Å². The van der Waals surface area contributed by atoms with Gasteiger partial charge in [-0.15, -0.1) is 0 Å². The van der Waals surface area contributed by atoms with Gasteiger partial charge in [0, 0.05) is 11.3 Å². The second-order valence-corrected chi connectivity index (χ2v) is 12.2. The number of aromatic nitrogens is 1. The van der Waals surface area contributed by atoms with E-state index in [4.69, 9.17) is 19.2 Å². The third-order valence-electron chi connectivity index (χ3n) is 7.87. The van der Waals surface area contributed by atoms with Crippen LogP contribution < -0.4 is 29.7 Å². The highest BCUT2D eigenvalue weighted by molar-refractivity contribution is 7.07. The summed E-state index contributed by atoms with van der Waals surface area (Å²) in [4.78, 5) is 45.4. The number of para-hydroxylation sites is 2. The number of fused-ring (bicyclic) bond motifs is 1. The number of carbonyl (C=O) groups is 2. The van der Waals surface area contributed by atoms with E-state index in [0.717, 1.165) is 11.1 Å². The Balaban J connectivity index is 1.35. The minimum atomic E-state index is -0.720. The first kappa shape index (κ1) is 33.2. The van der Waals surface area contributed by atoms with Crippen molar-refractivity contribution in [3.8, 4) is 11.5 Å². The smallest absolute Gasteiger partial charge is 0.338 e. The summed E-state index contributed by atoms with van der Waals surface area (Å²) in [7, 11) is 0. The molecule has 0 aliphatic carbocycles. The molecule has 248 valence electrons. The second-order valence-electron chi connectivity index (χ2n) is 11.1. The molecule has 1 aromatic heterocycles. The van der Waals surface area contributed by atoms with Gasteiger partial charge in [0.2, 0.25) is 0 Å². The molecule has 9 nitrogen and oxygen atoms in total. The summed E-state index contributed by atoms with van der Waals surface area (Å²) in [5.74, 6) is 0.575. The van der Waals surface area contributed by atoms with Gasteiger partial charge in [0.05, 0.1) is 40.6 Å². The molecular formula is C39H35N3O6S. The van der Waals surface area contributed by atoms with Crippen LogP contribution in [-0.4, -0.2) is 29.7 Å². The summed E-state index contributed by atoms with van der Waals surface area (Å²) in [5, 5.41) is 2.98. The summed E-state index contributed by atoms with van der Waals surface area (Å²) in [5.41, 5.74) is 4.08. The van der Waals surface area contributed by atoms with E-state index in [1.165, 1.54) is 11.3 Å². The summed E-state index contributed by atoms with van der Waals surface area (Å²) in [6, 6.07) is 30.4. The highest BCUT2D eigenvalue weighted by Gasteiger charge is 2.32. The fraction of sp³-hybridized carbons (Fsp3) is 0.179. The summed E-state index contributed by atoms with van der Waals surface area (Å²) < 4.78 is 18.9. The topological polar surface area (TPSA) is 108 Å². The third-order valence-corrected chi connectivity index (χ3v) is 8.85. The molecule has 10 heteroatoms. The van der Waals surface area contributed by atoms with Crippen LogP contribution in [-0.2, 0) is 16.1 Å². The molecule has 0 bridgehead atoms. The van der Waals surface area contributed by atoms with Crippen LogP contribution in [0.4, 0.5) is 5.69 Å². The Morgan fingerprint density at radius 2 is 1.59 bits per heavy atom. The Morgan fingerprint density at radius 1 is 0.878 bits per heavy atom. The standard InChI is InChI=1S/C39H35N3O6S/c1-4-46-31-21-19-27(20-22-31)35-34(36(43)41-30-12-7-6-8-13-30)25(3)40-39-42(35)37(44)33(49-39)23-29-11-9-10-14-32(29)48-24-26-15-17-28(18-16-26)38(45)47-5-2/h6-23,35H,4-5,24H2,1-3H3,(H,41,43)/b33-23-/t35-/m0/s1. The minimum Gasteiger partial charge on any atom is -0.494 e. The van der Waals surface area contributed by atoms with E-state index >= 15 is 0 Å². The first-order valence-corrected chi connectivity index (χ1v) is 16.8. The lowest BCUT2D eigenvalue weighted by Gasteiger charge is -2.25. The van der Waals surface area contributed by atoms with Gasteiger partial charge >= 0.3 is 5.97 Å². The van der Waals surface area contributed by atoms with Gasteiger partial charge in [-0.2, -0.15) is 0 Å². The van der Waals surface area contributed by atoms with Crippen molar-refractivity contribution >= 4 is 35.0 Å². The quantitative estimate of drug-likeness (QED) is 0.172. The van der Waals surface area contributed by atoms with E-state index < -0.39 is 6.04 Å². The molecule has 0 saturated carbocycles. The Bertz CT molecular complexity index is 2190. The molecule has 5 aromatic rings. The zero-order valence-corrected chi connectivity index (χ0v) is 28.2. The molecule has 0 radical (unpaired) electrons. The maximum Gasteiger partial charge on any atom is 0.338 e. The molecule has 1 atom stereocenters. The van der Waals surface area contributed by atoms with Crippen molar-refractivity contribution in [2.75, 3.05) is 18.5 Å². The second kappa shape index (κ2) is 15.0. The molecule has 1 amide bonds. The van der Waals surface area contributed by atoms with Gasteiger partial charge in [-0.1, -0.05) is 72.0 Å². The van der Waals surface area contributed by atoms with Crippen molar-refractivity contribution < 1.29 is 23.8 Å². The van der Waals surface area contributed by atoms with Crippen LogP contribution in [0, 0.1) is 0 Å². The number of allylic oxidation sites excluding steroid dienone is 1. The zero-order chi connectivity index (χ0) is 34.3. The average Bonchev–Trinajstić information content (AvgIpc) is 3.42. The number of esters is 1. The number of anilines is 1. The maximum absolute atomic E-state index is 14.3. The number of hydrogen-bond acceptors (Lipinski definition) is 8. The van der Waals surface area contributed by atoms with Crippen molar-refractivity contribution in [1.82, 2.24) is 4.57 Å². The molecule has 0 unspecified atom stereocenters. The Hall–Kier alpha value is -5.74. The monoisotopic (exact) mass is 673 g/mol. The van der Waals surface area contributed by atoms with Crippen molar-refractivity contribution in [3.63, 3.8) is 0 Å². The Kier molecular flexibility index (Phi) is 10.2. The summed E-state index contributed by atoms with van der Waals surface area (Å²) in [6.07, 6.45) is 1.79. The van der Waals surface area contributed by atoms with Crippen molar-refractivity contribution in [2.45, 2.75) is 33.4 Å². The van der Waals surface area contributed by atoms with Gasteiger partial charge in [-0.05, 0) is 80.4 Å². The van der Waals surface area contributed by atoms with Crippen LogP contribution >= 0.6 is 11.3 Å². The lowest BCUT2D eigenvalue weighted by molar-refractivity contribution is -0.113. The fourth-order valence-electron chi connectivity index (χ4n) is 5.55. The first-order valence-electron chi connectivity index (χ1n) is 16.0. The molecule has 0 spiro atoms.